The van der Waals surface area contributed by atoms with Gasteiger partial charge in [-0.25, -0.2) is 17.8 Å². The lowest BCUT2D eigenvalue weighted by Gasteiger charge is -2.08. The van der Waals surface area contributed by atoms with Gasteiger partial charge >= 0.3 is 0 Å². The van der Waals surface area contributed by atoms with Crippen molar-refractivity contribution in [2.24, 2.45) is 0 Å². The largest absolute Gasteiger partial charge is 0.241 e. The van der Waals surface area contributed by atoms with Crippen LogP contribution in [0.15, 0.2) is 46.1 Å². The van der Waals surface area contributed by atoms with Gasteiger partial charge in [0.2, 0.25) is 10.0 Å². The minimum Gasteiger partial charge on any atom is -0.220 e. The van der Waals surface area contributed by atoms with E-state index in [2.05, 4.69) is 15.0 Å². The molecular weight excluding hydrogens is 356 g/mol. The molecule has 23 heavy (non-hydrogen) atoms. The van der Waals surface area contributed by atoms with Gasteiger partial charge in [-0.3, -0.25) is 0 Å². The fraction of sp³-hybridized carbons (Fsp3) is 0.143. The Morgan fingerprint density at radius 3 is 2.91 bits per heavy atom. The third-order valence-corrected chi connectivity index (χ3v) is 5.64. The van der Waals surface area contributed by atoms with E-state index in [0.717, 1.165) is 5.69 Å². The van der Waals surface area contributed by atoms with Crippen molar-refractivity contribution < 1.29 is 8.42 Å². The van der Waals surface area contributed by atoms with Gasteiger partial charge in [-0.2, -0.15) is 11.3 Å². The summed E-state index contributed by atoms with van der Waals surface area (Å²) >= 11 is 7.43. The number of halogens is 1. The van der Waals surface area contributed by atoms with E-state index in [9.17, 15) is 8.42 Å². The van der Waals surface area contributed by atoms with Crippen LogP contribution in [0.4, 0.5) is 0 Å². The maximum absolute atomic E-state index is 12.4. The number of rotatable bonds is 5. The molecule has 120 valence electrons. The molecule has 0 unspecified atom stereocenters. The van der Waals surface area contributed by atoms with E-state index in [4.69, 9.17) is 11.6 Å². The molecule has 0 radical (unpaired) electrons. The van der Waals surface area contributed by atoms with E-state index in [1.165, 1.54) is 6.07 Å². The van der Waals surface area contributed by atoms with Crippen LogP contribution in [0.3, 0.4) is 0 Å². The lowest BCUT2D eigenvalue weighted by Crippen LogP contribution is -2.24. The van der Waals surface area contributed by atoms with Crippen LogP contribution in [0.1, 0.15) is 11.3 Å². The summed E-state index contributed by atoms with van der Waals surface area (Å²) in [5.41, 5.74) is 2.05. The Balaban J connectivity index is 1.76. The molecule has 0 aliphatic heterocycles. The molecule has 3 rings (SSSR count). The second-order valence-electron chi connectivity index (χ2n) is 4.87. The lowest BCUT2D eigenvalue weighted by atomic mass is 10.2. The zero-order valence-electron chi connectivity index (χ0n) is 12.1. The maximum atomic E-state index is 12.4. The predicted octanol–water partition coefficient (Wildman–Crippen LogP) is 2.77. The highest BCUT2D eigenvalue weighted by molar-refractivity contribution is 7.89. The fourth-order valence-electron chi connectivity index (χ4n) is 2.00. The molecule has 0 saturated heterocycles. The first-order valence-corrected chi connectivity index (χ1v) is 9.46. The van der Waals surface area contributed by atoms with E-state index < -0.39 is 10.0 Å². The van der Waals surface area contributed by atoms with Crippen LogP contribution in [0.2, 0.25) is 5.02 Å². The van der Waals surface area contributed by atoms with Crippen molar-refractivity contribution in [2.75, 3.05) is 0 Å². The summed E-state index contributed by atoms with van der Waals surface area (Å²) in [6.07, 6.45) is 1.69. The summed E-state index contributed by atoms with van der Waals surface area (Å²) in [6, 6.07) is 6.66. The number of nitrogens with one attached hydrogen (secondary N) is 1. The van der Waals surface area contributed by atoms with Crippen LogP contribution in [0, 0.1) is 6.92 Å². The molecule has 0 fully saturated rings. The third kappa shape index (κ3) is 3.61. The van der Waals surface area contributed by atoms with Crippen LogP contribution in [0.25, 0.3) is 5.69 Å². The van der Waals surface area contributed by atoms with Crippen LogP contribution in [-0.4, -0.2) is 23.4 Å². The van der Waals surface area contributed by atoms with Crippen molar-refractivity contribution in [2.45, 2.75) is 18.4 Å². The number of thiophene rings is 1. The summed E-state index contributed by atoms with van der Waals surface area (Å²) in [5, 5.41) is 12.2. The van der Waals surface area contributed by atoms with Crippen LogP contribution in [-0.2, 0) is 16.6 Å². The fourth-order valence-corrected chi connectivity index (χ4v) is 4.13. The quantitative estimate of drug-likeness (QED) is 0.751. The summed E-state index contributed by atoms with van der Waals surface area (Å²) < 4.78 is 28.9. The van der Waals surface area contributed by atoms with Gasteiger partial charge < -0.3 is 0 Å². The Labute approximate surface area is 142 Å². The van der Waals surface area contributed by atoms with Gasteiger partial charge in [0, 0.05) is 10.4 Å². The molecule has 0 amide bonds. The van der Waals surface area contributed by atoms with Gasteiger partial charge in [0.05, 0.1) is 29.0 Å². The standard InChI is InChI=1S/C14H13ClN4O2S2/c1-10-2-3-11(15)6-14(10)23(20,21)16-7-12-8-19(18-17-12)13-4-5-22-9-13/h2-6,8-9,16H,7H2,1H3. The first kappa shape index (κ1) is 16.1. The minimum atomic E-state index is -3.67. The Morgan fingerprint density at radius 2 is 2.17 bits per heavy atom. The van der Waals surface area contributed by atoms with E-state index in [-0.39, 0.29) is 11.4 Å². The second kappa shape index (κ2) is 6.40. The number of hydrogen-bond donors (Lipinski definition) is 1. The van der Waals surface area contributed by atoms with Crippen LogP contribution < -0.4 is 4.72 Å². The average Bonchev–Trinajstić information content (AvgIpc) is 3.18. The second-order valence-corrected chi connectivity index (χ2v) is 7.82. The van der Waals surface area contributed by atoms with Crippen molar-refractivity contribution in [1.82, 2.24) is 19.7 Å². The van der Waals surface area contributed by atoms with Crippen molar-refractivity contribution in [3.63, 3.8) is 0 Å². The minimum absolute atomic E-state index is 0.0540. The summed E-state index contributed by atoms with van der Waals surface area (Å²) in [4.78, 5) is 0.162. The number of aromatic nitrogens is 3. The Bertz CT molecular complexity index is 920. The molecule has 9 heteroatoms. The molecule has 2 aromatic heterocycles. The highest BCUT2D eigenvalue weighted by Crippen LogP contribution is 2.20. The van der Waals surface area contributed by atoms with Gasteiger partial charge in [-0.05, 0) is 36.1 Å². The van der Waals surface area contributed by atoms with Gasteiger partial charge in [0.1, 0.15) is 0 Å². The van der Waals surface area contributed by atoms with Gasteiger partial charge in [0.15, 0.2) is 0 Å². The SMILES string of the molecule is Cc1ccc(Cl)cc1S(=O)(=O)NCc1cn(-c2ccsc2)nn1. The molecule has 0 atom stereocenters. The maximum Gasteiger partial charge on any atom is 0.241 e. The highest BCUT2D eigenvalue weighted by Gasteiger charge is 2.17. The van der Waals surface area contributed by atoms with Crippen LogP contribution in [0.5, 0.6) is 0 Å². The monoisotopic (exact) mass is 368 g/mol. The summed E-state index contributed by atoms with van der Waals surface area (Å²) in [5.74, 6) is 0. The molecule has 0 spiro atoms. The number of sulfonamides is 1. The number of aryl methyl sites for hydroxylation is 1. The Morgan fingerprint density at radius 1 is 1.35 bits per heavy atom. The van der Waals surface area contributed by atoms with Gasteiger partial charge in [-0.1, -0.05) is 22.9 Å². The Hall–Kier alpha value is -1.74. The topological polar surface area (TPSA) is 76.9 Å². The van der Waals surface area contributed by atoms with Crippen molar-refractivity contribution in [3.8, 4) is 5.69 Å². The summed E-state index contributed by atoms with van der Waals surface area (Å²) in [6.45, 7) is 1.77. The van der Waals surface area contributed by atoms with E-state index in [1.54, 1.807) is 41.3 Å². The van der Waals surface area contributed by atoms with Crippen molar-refractivity contribution >= 4 is 33.0 Å². The first-order chi connectivity index (χ1) is 11.0. The molecule has 0 bridgehead atoms. The first-order valence-electron chi connectivity index (χ1n) is 6.65. The van der Waals surface area contributed by atoms with E-state index >= 15 is 0 Å². The molecule has 0 saturated carbocycles. The molecule has 0 aliphatic carbocycles. The molecule has 0 aliphatic rings. The predicted molar refractivity (Wildman–Crippen MR) is 89.5 cm³/mol. The average molecular weight is 369 g/mol. The van der Waals surface area contributed by atoms with Crippen molar-refractivity contribution in [3.05, 3.63) is 57.5 Å². The Kier molecular flexibility index (Phi) is 4.49. The smallest absolute Gasteiger partial charge is 0.220 e. The molecule has 1 aromatic carbocycles. The van der Waals surface area contributed by atoms with Gasteiger partial charge in [-0.15, -0.1) is 5.10 Å². The molecule has 1 N–H and O–H groups in total. The molecule has 2 heterocycles. The molecule has 6 nitrogen and oxygen atoms in total. The molecule has 3 aromatic rings. The van der Waals surface area contributed by atoms with E-state index in [1.807, 2.05) is 16.8 Å². The number of nitrogens with zero attached hydrogens (tertiary/aromatic N) is 3. The number of hydrogen-bond acceptors (Lipinski definition) is 5. The molecular formula is C14H13ClN4O2S2. The summed E-state index contributed by atoms with van der Waals surface area (Å²) in [7, 11) is -3.67. The zero-order valence-corrected chi connectivity index (χ0v) is 14.5. The van der Waals surface area contributed by atoms with Crippen LogP contribution >= 0.6 is 22.9 Å². The highest BCUT2D eigenvalue weighted by atomic mass is 35.5. The lowest BCUT2D eigenvalue weighted by molar-refractivity contribution is 0.579. The van der Waals surface area contributed by atoms with Crippen molar-refractivity contribution in [1.29, 1.82) is 0 Å². The zero-order chi connectivity index (χ0) is 16.4. The third-order valence-electron chi connectivity index (χ3n) is 3.19. The van der Waals surface area contributed by atoms with Gasteiger partial charge in [0.25, 0.3) is 0 Å². The number of benzene rings is 1. The van der Waals surface area contributed by atoms with E-state index in [0.29, 0.717) is 16.3 Å². The normalized spacial score (nSPS) is 11.7.